The molecule has 0 bridgehead atoms. The number of nitrogens with zero attached hydrogens (tertiary/aromatic N) is 1. The van der Waals surface area contributed by atoms with Gasteiger partial charge in [-0.2, -0.15) is 0 Å². The first-order valence-corrected chi connectivity index (χ1v) is 7.11. The van der Waals surface area contributed by atoms with Gasteiger partial charge < -0.3 is 16.2 Å². The van der Waals surface area contributed by atoms with E-state index in [1.54, 1.807) is 0 Å². The van der Waals surface area contributed by atoms with Crippen molar-refractivity contribution in [2.45, 2.75) is 26.3 Å². The van der Waals surface area contributed by atoms with Crippen LogP contribution in [0.3, 0.4) is 0 Å². The highest BCUT2D eigenvalue weighted by molar-refractivity contribution is 5.92. The molecule has 0 radical (unpaired) electrons. The molecule has 5 heteroatoms. The van der Waals surface area contributed by atoms with E-state index >= 15 is 0 Å². The van der Waals surface area contributed by atoms with Crippen LogP contribution in [0, 0.1) is 0 Å². The molecule has 0 saturated heterocycles. The van der Waals surface area contributed by atoms with Crippen LogP contribution in [0.15, 0.2) is 24.3 Å². The topological polar surface area (TPSA) is 78.6 Å². The number of anilines is 1. The van der Waals surface area contributed by atoms with Gasteiger partial charge in [0.2, 0.25) is 5.91 Å². The molecule has 0 aromatic heterocycles. The largest absolute Gasteiger partial charge is 0.395 e. The first-order valence-electron chi connectivity index (χ1n) is 7.11. The predicted octanol–water partition coefficient (Wildman–Crippen LogP) is 1.18. The number of carbonyl (C=O) groups excluding carboxylic acids is 1. The maximum Gasteiger partial charge on any atom is 0.238 e. The average molecular weight is 279 g/mol. The van der Waals surface area contributed by atoms with Crippen LogP contribution in [0.1, 0.15) is 25.3 Å². The van der Waals surface area contributed by atoms with Crippen molar-refractivity contribution in [2.24, 2.45) is 5.73 Å². The van der Waals surface area contributed by atoms with Gasteiger partial charge in [-0.1, -0.05) is 25.5 Å². The van der Waals surface area contributed by atoms with Crippen molar-refractivity contribution in [3.05, 3.63) is 29.8 Å². The van der Waals surface area contributed by atoms with Gasteiger partial charge in [-0.3, -0.25) is 9.69 Å². The smallest absolute Gasteiger partial charge is 0.238 e. The monoisotopic (exact) mass is 279 g/mol. The minimum atomic E-state index is -0.0660. The number of amides is 1. The van der Waals surface area contributed by atoms with Crippen molar-refractivity contribution >= 4 is 11.6 Å². The predicted molar refractivity (Wildman–Crippen MR) is 81.4 cm³/mol. The SMILES string of the molecule is CCCCN(CCO)CC(=O)Nc1cccc(CN)c1. The third kappa shape index (κ3) is 6.14. The van der Waals surface area contributed by atoms with Gasteiger partial charge in [0.05, 0.1) is 13.2 Å². The van der Waals surface area contributed by atoms with Crippen LogP contribution in [-0.4, -0.2) is 42.2 Å². The van der Waals surface area contributed by atoms with E-state index < -0.39 is 0 Å². The summed E-state index contributed by atoms with van der Waals surface area (Å²) in [5.41, 5.74) is 7.32. The molecule has 112 valence electrons. The minimum Gasteiger partial charge on any atom is -0.395 e. The second kappa shape index (κ2) is 9.47. The van der Waals surface area contributed by atoms with Gasteiger partial charge in [-0.15, -0.1) is 0 Å². The zero-order valence-electron chi connectivity index (χ0n) is 12.1. The quantitative estimate of drug-likeness (QED) is 0.634. The third-order valence-electron chi connectivity index (χ3n) is 3.06. The molecule has 0 aliphatic heterocycles. The molecule has 1 aromatic rings. The second-order valence-corrected chi connectivity index (χ2v) is 4.81. The van der Waals surface area contributed by atoms with Crippen molar-refractivity contribution in [3.63, 3.8) is 0 Å². The fraction of sp³-hybridized carbons (Fsp3) is 0.533. The Kier molecular flexibility index (Phi) is 7.87. The molecule has 1 amide bonds. The standard InChI is InChI=1S/C15H25N3O2/c1-2-3-7-18(8-9-19)12-15(20)17-14-6-4-5-13(10-14)11-16/h4-6,10,19H,2-3,7-9,11-12,16H2,1H3,(H,17,20). The fourth-order valence-corrected chi connectivity index (χ4v) is 1.97. The highest BCUT2D eigenvalue weighted by atomic mass is 16.3. The van der Waals surface area contributed by atoms with E-state index in [1.807, 2.05) is 29.2 Å². The van der Waals surface area contributed by atoms with Crippen molar-refractivity contribution in [2.75, 3.05) is 31.6 Å². The lowest BCUT2D eigenvalue weighted by molar-refractivity contribution is -0.117. The van der Waals surface area contributed by atoms with Gasteiger partial charge in [-0.05, 0) is 30.7 Å². The number of hydrogen-bond acceptors (Lipinski definition) is 4. The van der Waals surface area contributed by atoms with Gasteiger partial charge >= 0.3 is 0 Å². The number of nitrogens with one attached hydrogen (secondary N) is 1. The highest BCUT2D eigenvalue weighted by Crippen LogP contribution is 2.10. The van der Waals surface area contributed by atoms with E-state index in [1.165, 1.54) is 0 Å². The average Bonchev–Trinajstić information content (AvgIpc) is 2.45. The van der Waals surface area contributed by atoms with E-state index in [4.69, 9.17) is 10.8 Å². The van der Waals surface area contributed by atoms with Gasteiger partial charge in [-0.25, -0.2) is 0 Å². The van der Waals surface area contributed by atoms with Crippen LogP contribution in [0.4, 0.5) is 5.69 Å². The molecule has 0 atom stereocenters. The Balaban J connectivity index is 2.51. The maximum atomic E-state index is 12.0. The summed E-state index contributed by atoms with van der Waals surface area (Å²) < 4.78 is 0. The van der Waals surface area contributed by atoms with Crippen LogP contribution in [0.5, 0.6) is 0 Å². The Hall–Kier alpha value is -1.43. The van der Waals surface area contributed by atoms with Gasteiger partial charge in [0.1, 0.15) is 0 Å². The summed E-state index contributed by atoms with van der Waals surface area (Å²) in [7, 11) is 0. The van der Waals surface area contributed by atoms with Crippen molar-refractivity contribution in [1.82, 2.24) is 4.90 Å². The molecule has 0 aliphatic rings. The molecular weight excluding hydrogens is 254 g/mol. The molecule has 0 heterocycles. The number of benzene rings is 1. The van der Waals surface area contributed by atoms with Gasteiger partial charge in [0, 0.05) is 18.8 Å². The number of aliphatic hydroxyl groups excluding tert-OH is 1. The molecule has 20 heavy (non-hydrogen) atoms. The summed E-state index contributed by atoms with van der Waals surface area (Å²) in [5.74, 6) is -0.0660. The van der Waals surface area contributed by atoms with E-state index in [2.05, 4.69) is 12.2 Å². The van der Waals surface area contributed by atoms with Crippen molar-refractivity contribution in [3.8, 4) is 0 Å². The fourth-order valence-electron chi connectivity index (χ4n) is 1.97. The summed E-state index contributed by atoms with van der Waals surface area (Å²) in [4.78, 5) is 14.0. The molecular formula is C15H25N3O2. The van der Waals surface area contributed by atoms with Crippen LogP contribution in [0.25, 0.3) is 0 Å². The van der Waals surface area contributed by atoms with E-state index in [0.29, 0.717) is 19.6 Å². The van der Waals surface area contributed by atoms with Crippen LogP contribution < -0.4 is 11.1 Å². The Morgan fingerprint density at radius 2 is 2.20 bits per heavy atom. The molecule has 0 aliphatic carbocycles. The summed E-state index contributed by atoms with van der Waals surface area (Å²) in [6, 6.07) is 7.52. The molecule has 0 unspecified atom stereocenters. The van der Waals surface area contributed by atoms with Crippen molar-refractivity contribution in [1.29, 1.82) is 0 Å². The van der Waals surface area contributed by atoms with E-state index in [0.717, 1.165) is 30.6 Å². The number of aliphatic hydroxyl groups is 1. The third-order valence-corrected chi connectivity index (χ3v) is 3.06. The van der Waals surface area contributed by atoms with E-state index in [-0.39, 0.29) is 12.5 Å². The van der Waals surface area contributed by atoms with Crippen LogP contribution >= 0.6 is 0 Å². The number of nitrogens with two attached hydrogens (primary N) is 1. The molecule has 0 spiro atoms. The second-order valence-electron chi connectivity index (χ2n) is 4.81. The molecule has 1 rings (SSSR count). The zero-order valence-corrected chi connectivity index (χ0v) is 12.1. The Morgan fingerprint density at radius 3 is 2.85 bits per heavy atom. The summed E-state index contributed by atoms with van der Waals surface area (Å²) in [6.45, 7) is 4.28. The van der Waals surface area contributed by atoms with Gasteiger partial charge in [0.25, 0.3) is 0 Å². The Morgan fingerprint density at radius 1 is 1.40 bits per heavy atom. The molecule has 1 aromatic carbocycles. The lowest BCUT2D eigenvalue weighted by Crippen LogP contribution is -2.35. The number of rotatable bonds is 9. The molecule has 0 fully saturated rings. The Bertz CT molecular complexity index is 410. The van der Waals surface area contributed by atoms with Gasteiger partial charge in [0.15, 0.2) is 0 Å². The van der Waals surface area contributed by atoms with Crippen LogP contribution in [-0.2, 0) is 11.3 Å². The summed E-state index contributed by atoms with van der Waals surface area (Å²) >= 11 is 0. The number of carbonyl (C=O) groups is 1. The summed E-state index contributed by atoms with van der Waals surface area (Å²) in [6.07, 6.45) is 2.10. The lowest BCUT2D eigenvalue weighted by Gasteiger charge is -2.20. The van der Waals surface area contributed by atoms with Crippen LogP contribution in [0.2, 0.25) is 0 Å². The number of unbranched alkanes of at least 4 members (excludes halogenated alkanes) is 1. The molecule has 0 saturated carbocycles. The maximum absolute atomic E-state index is 12.0. The normalized spacial score (nSPS) is 10.8. The van der Waals surface area contributed by atoms with Crippen molar-refractivity contribution < 1.29 is 9.90 Å². The number of hydrogen-bond donors (Lipinski definition) is 3. The minimum absolute atomic E-state index is 0.0660. The molecule has 5 nitrogen and oxygen atoms in total. The highest BCUT2D eigenvalue weighted by Gasteiger charge is 2.10. The Labute approximate surface area is 120 Å². The lowest BCUT2D eigenvalue weighted by atomic mass is 10.2. The molecule has 4 N–H and O–H groups in total. The zero-order chi connectivity index (χ0) is 14.8. The first kappa shape index (κ1) is 16.6. The first-order chi connectivity index (χ1) is 9.69. The van der Waals surface area contributed by atoms with E-state index in [9.17, 15) is 4.79 Å². The summed E-state index contributed by atoms with van der Waals surface area (Å²) in [5, 5.41) is 11.9.